The second-order valence-corrected chi connectivity index (χ2v) is 5.31. The first kappa shape index (κ1) is 23.9. The van der Waals surface area contributed by atoms with Crippen LogP contribution in [0.1, 0.15) is 20.8 Å². The van der Waals surface area contributed by atoms with Crippen molar-refractivity contribution in [3.63, 3.8) is 0 Å². The first-order chi connectivity index (χ1) is 11.4. The SMILES string of the molecule is COC(=O)/C(C(C(=O)O)=C(C)C)=C(\C)[C]1[CH][CH][CH][CH]1.[CH]1[CH][CH][CH][CH]1.[Fe]. The minimum Gasteiger partial charge on any atom is -0.478 e. The number of carboxylic acid groups (broad SMARTS) is 1. The normalized spacial score (nSPS) is 17.6. The number of carbonyl (C=O) groups excluding carboxylic acids is 1. The van der Waals surface area contributed by atoms with Crippen LogP contribution in [0, 0.1) is 63.7 Å². The van der Waals surface area contributed by atoms with Crippen LogP contribution in [0.15, 0.2) is 22.3 Å². The Hall–Kier alpha value is -1.06. The maximum atomic E-state index is 11.9. The zero-order valence-electron chi connectivity index (χ0n) is 14.7. The van der Waals surface area contributed by atoms with E-state index in [0.29, 0.717) is 11.1 Å². The Morgan fingerprint density at radius 2 is 1.28 bits per heavy atom. The second kappa shape index (κ2) is 12.3. The maximum absolute atomic E-state index is 11.9. The van der Waals surface area contributed by atoms with E-state index in [1.165, 1.54) is 7.11 Å². The summed E-state index contributed by atoms with van der Waals surface area (Å²) in [5.74, 6) is -0.969. The molecule has 4 nitrogen and oxygen atoms in total. The fourth-order valence-electron chi connectivity index (χ4n) is 2.20. The molecule has 0 aliphatic heterocycles. The van der Waals surface area contributed by atoms with E-state index in [1.807, 2.05) is 57.8 Å². The van der Waals surface area contributed by atoms with E-state index >= 15 is 0 Å². The smallest absolute Gasteiger partial charge is 0.338 e. The molecule has 0 atom stereocenters. The number of ether oxygens (including phenoxy) is 1. The predicted molar refractivity (Wildman–Crippen MR) is 92.7 cm³/mol. The minimum absolute atomic E-state index is 0. The molecule has 10 radical (unpaired) electrons. The zero-order chi connectivity index (χ0) is 18.1. The third-order valence-electron chi connectivity index (χ3n) is 3.38. The van der Waals surface area contributed by atoms with Gasteiger partial charge in [-0.1, -0.05) is 11.1 Å². The second-order valence-electron chi connectivity index (χ2n) is 5.31. The molecule has 0 saturated heterocycles. The van der Waals surface area contributed by atoms with Gasteiger partial charge in [0.05, 0.1) is 18.3 Å². The number of carboxylic acids is 1. The molecule has 0 aromatic rings. The van der Waals surface area contributed by atoms with E-state index in [9.17, 15) is 14.7 Å². The van der Waals surface area contributed by atoms with Crippen LogP contribution >= 0.6 is 0 Å². The summed E-state index contributed by atoms with van der Waals surface area (Å²) in [6.45, 7) is 5.03. The number of hydrogen-bond donors (Lipinski definition) is 1. The number of methoxy groups -OCH3 is 1. The van der Waals surface area contributed by atoms with Crippen LogP contribution < -0.4 is 0 Å². The van der Waals surface area contributed by atoms with Gasteiger partial charge in [-0.3, -0.25) is 0 Å². The molecule has 2 fully saturated rings. The Bertz CT molecular complexity index is 498. The molecule has 5 heteroatoms. The summed E-state index contributed by atoms with van der Waals surface area (Å²) in [6.07, 6.45) is 17.3. The molecule has 0 aromatic heterocycles. The molecule has 0 spiro atoms. The van der Waals surface area contributed by atoms with Crippen LogP contribution in [0.2, 0.25) is 0 Å². The number of rotatable bonds is 4. The number of carbonyl (C=O) groups is 2. The minimum atomic E-state index is -1.13. The standard InChI is InChI=1S/C15H17O4.C5H5.Fe/c1-9(2)12(14(16)17)13(15(18)19-4)10(3)11-7-5-6-8-11;1-2-4-5-3-1;/h5-8H,1-4H3,(H,16,17);1-5H;/b13-10+;;. The Morgan fingerprint density at radius 3 is 1.60 bits per heavy atom. The average Bonchev–Trinajstić information content (AvgIpc) is 3.25. The molecule has 0 heterocycles. The largest absolute Gasteiger partial charge is 0.478 e. The third kappa shape index (κ3) is 7.37. The molecule has 2 aliphatic carbocycles. The molecular weight excluding hydrogens is 360 g/mol. The van der Waals surface area contributed by atoms with Crippen LogP contribution in [-0.4, -0.2) is 24.2 Å². The fraction of sp³-hybridized carbons (Fsp3) is 0.200. The van der Waals surface area contributed by atoms with Gasteiger partial charge in [0.25, 0.3) is 0 Å². The number of hydrogen-bond acceptors (Lipinski definition) is 3. The molecule has 2 aliphatic rings. The van der Waals surface area contributed by atoms with Crippen molar-refractivity contribution in [1.82, 2.24) is 0 Å². The number of aliphatic carboxylic acids is 1. The summed E-state index contributed by atoms with van der Waals surface area (Å²) in [6, 6.07) is 0. The van der Waals surface area contributed by atoms with E-state index in [1.54, 1.807) is 20.8 Å². The average molecular weight is 382 g/mol. The molecule has 0 aromatic carbocycles. The van der Waals surface area contributed by atoms with Gasteiger partial charge < -0.3 is 9.84 Å². The van der Waals surface area contributed by atoms with Crippen LogP contribution in [-0.2, 0) is 31.4 Å². The van der Waals surface area contributed by atoms with Crippen molar-refractivity contribution in [3.05, 3.63) is 86.0 Å². The fourth-order valence-corrected chi connectivity index (χ4v) is 2.20. The van der Waals surface area contributed by atoms with Crippen molar-refractivity contribution in [2.24, 2.45) is 0 Å². The van der Waals surface area contributed by atoms with E-state index in [4.69, 9.17) is 4.74 Å². The Balaban J connectivity index is 0.000000820. The van der Waals surface area contributed by atoms with Crippen molar-refractivity contribution < 1.29 is 36.5 Å². The quantitative estimate of drug-likeness (QED) is 0.351. The van der Waals surface area contributed by atoms with Gasteiger partial charge in [0, 0.05) is 23.0 Å². The zero-order valence-corrected chi connectivity index (χ0v) is 15.8. The first-order valence-electron chi connectivity index (χ1n) is 7.49. The molecular formula is C20H22FeO4. The van der Waals surface area contributed by atoms with Crippen molar-refractivity contribution >= 4 is 11.9 Å². The summed E-state index contributed by atoms with van der Waals surface area (Å²) in [7, 11) is 1.24. The maximum Gasteiger partial charge on any atom is 0.338 e. The number of esters is 1. The predicted octanol–water partition coefficient (Wildman–Crippen LogP) is 3.32. The van der Waals surface area contributed by atoms with Gasteiger partial charge in [-0.15, -0.1) is 0 Å². The Labute approximate surface area is 162 Å². The monoisotopic (exact) mass is 382 g/mol. The Morgan fingerprint density at radius 1 is 0.840 bits per heavy atom. The van der Waals surface area contributed by atoms with Crippen molar-refractivity contribution in [1.29, 1.82) is 0 Å². The summed E-state index contributed by atoms with van der Waals surface area (Å²) in [5.41, 5.74) is 1.24. The molecule has 25 heavy (non-hydrogen) atoms. The van der Waals surface area contributed by atoms with Gasteiger partial charge in [-0.2, -0.15) is 0 Å². The van der Waals surface area contributed by atoms with Crippen LogP contribution in [0.25, 0.3) is 0 Å². The van der Waals surface area contributed by atoms with Gasteiger partial charge in [0.15, 0.2) is 0 Å². The van der Waals surface area contributed by atoms with E-state index in [0.717, 1.165) is 5.92 Å². The van der Waals surface area contributed by atoms with E-state index in [-0.39, 0.29) is 28.2 Å². The van der Waals surface area contributed by atoms with Crippen molar-refractivity contribution in [2.45, 2.75) is 20.8 Å². The molecule has 0 unspecified atom stereocenters. The van der Waals surface area contributed by atoms with Gasteiger partial charge in [-0.25, -0.2) is 9.59 Å². The Kier molecular flexibility index (Phi) is 11.8. The van der Waals surface area contributed by atoms with Gasteiger partial charge in [-0.05, 0) is 78.6 Å². The third-order valence-corrected chi connectivity index (χ3v) is 3.38. The van der Waals surface area contributed by atoms with Gasteiger partial charge >= 0.3 is 11.9 Å². The van der Waals surface area contributed by atoms with E-state index in [2.05, 4.69) is 0 Å². The van der Waals surface area contributed by atoms with Crippen molar-refractivity contribution in [3.8, 4) is 0 Å². The molecule has 134 valence electrons. The van der Waals surface area contributed by atoms with Gasteiger partial charge in [0.2, 0.25) is 0 Å². The summed E-state index contributed by atoms with van der Waals surface area (Å²) >= 11 is 0. The van der Waals surface area contributed by atoms with Crippen LogP contribution in [0.3, 0.4) is 0 Å². The number of allylic oxidation sites excluding steroid dienone is 2. The van der Waals surface area contributed by atoms with E-state index < -0.39 is 11.9 Å². The first-order valence-corrected chi connectivity index (χ1v) is 7.49. The van der Waals surface area contributed by atoms with Crippen molar-refractivity contribution in [2.75, 3.05) is 7.11 Å². The molecule has 2 saturated carbocycles. The van der Waals surface area contributed by atoms with Gasteiger partial charge in [0.1, 0.15) is 0 Å². The van der Waals surface area contributed by atoms with Crippen LogP contribution in [0.4, 0.5) is 0 Å². The summed E-state index contributed by atoms with van der Waals surface area (Å²) in [5, 5.41) is 9.31. The molecule has 1 N–H and O–H groups in total. The summed E-state index contributed by atoms with van der Waals surface area (Å²) < 4.78 is 4.72. The van der Waals surface area contributed by atoms with Crippen LogP contribution in [0.5, 0.6) is 0 Å². The summed E-state index contributed by atoms with van der Waals surface area (Å²) in [4.78, 5) is 23.3. The molecule has 0 amide bonds. The topological polar surface area (TPSA) is 63.6 Å². The molecule has 0 bridgehead atoms. The molecule has 2 rings (SSSR count).